The van der Waals surface area contributed by atoms with Gasteiger partial charge in [-0.05, 0) is 65.1 Å². The quantitative estimate of drug-likeness (QED) is 0.0346. The van der Waals surface area contributed by atoms with Gasteiger partial charge in [0, 0.05) is 31.5 Å². The fourth-order valence-electron chi connectivity index (χ4n) is 2.84. The molecule has 0 aliphatic rings. The molecule has 0 amide bonds. The van der Waals surface area contributed by atoms with Gasteiger partial charge in [-0.3, -0.25) is 0 Å². The first-order valence-electron chi connectivity index (χ1n) is 12.0. The lowest BCUT2D eigenvalue weighted by atomic mass is 9.99. The minimum Gasteiger partial charge on any atom is -0.479 e. The SMILES string of the molecule is C=CC(C)C/C=C/C(Cc1cc(OCOCC)cc(OCOCC)c1C(=O)OCCSI)=N\OCC(=O)O. The van der Waals surface area contributed by atoms with Crippen molar-refractivity contribution in [1.82, 2.24) is 0 Å². The molecule has 1 rings (SSSR count). The van der Waals surface area contributed by atoms with Gasteiger partial charge in [-0.2, -0.15) is 0 Å². The molecule has 0 aromatic heterocycles. The van der Waals surface area contributed by atoms with E-state index in [-0.39, 0.29) is 43.8 Å². The Balaban J connectivity index is 3.51. The molecule has 0 heterocycles. The summed E-state index contributed by atoms with van der Waals surface area (Å²) in [5.41, 5.74) is 1.06. The molecule has 0 bridgehead atoms. The number of hydrogen-bond acceptors (Lipinski definition) is 10. The Kier molecular flexibility index (Phi) is 18.3. The van der Waals surface area contributed by atoms with E-state index >= 15 is 0 Å². The van der Waals surface area contributed by atoms with Crippen molar-refractivity contribution in [3.05, 3.63) is 48.1 Å². The molecule has 0 saturated heterocycles. The third kappa shape index (κ3) is 14.0. The van der Waals surface area contributed by atoms with Crippen LogP contribution in [0.2, 0.25) is 0 Å². The summed E-state index contributed by atoms with van der Waals surface area (Å²) in [6.45, 7) is 9.87. The highest BCUT2D eigenvalue weighted by atomic mass is 127. The summed E-state index contributed by atoms with van der Waals surface area (Å²) in [6, 6.07) is 3.24. The van der Waals surface area contributed by atoms with Crippen LogP contribution >= 0.6 is 30.1 Å². The number of rotatable bonds is 21. The van der Waals surface area contributed by atoms with Gasteiger partial charge in [0.1, 0.15) is 23.7 Å². The van der Waals surface area contributed by atoms with Gasteiger partial charge < -0.3 is 33.6 Å². The number of halogens is 1. The number of aliphatic carboxylic acids is 1. The van der Waals surface area contributed by atoms with Gasteiger partial charge in [-0.25, -0.2) is 9.59 Å². The van der Waals surface area contributed by atoms with E-state index < -0.39 is 18.5 Å². The van der Waals surface area contributed by atoms with Crippen LogP contribution in [0.25, 0.3) is 0 Å². The number of carbonyl (C=O) groups is 2. The monoisotopic (exact) mass is 665 g/mol. The van der Waals surface area contributed by atoms with Crippen LogP contribution < -0.4 is 9.47 Å². The van der Waals surface area contributed by atoms with Crippen molar-refractivity contribution in [3.63, 3.8) is 0 Å². The van der Waals surface area contributed by atoms with E-state index in [1.54, 1.807) is 18.2 Å². The molecule has 0 aliphatic carbocycles. The van der Waals surface area contributed by atoms with Gasteiger partial charge in [0.2, 0.25) is 6.61 Å². The molecule has 0 fully saturated rings. The van der Waals surface area contributed by atoms with E-state index in [4.69, 9.17) is 33.6 Å². The summed E-state index contributed by atoms with van der Waals surface area (Å²) in [7, 11) is 1.52. The van der Waals surface area contributed by atoms with E-state index in [9.17, 15) is 9.59 Å². The molecule has 12 heteroatoms. The molecule has 0 radical (unpaired) electrons. The molecule has 1 atom stereocenters. The molecule has 1 aromatic rings. The van der Waals surface area contributed by atoms with Crippen LogP contribution in [0.1, 0.15) is 43.1 Å². The molecule has 212 valence electrons. The lowest BCUT2D eigenvalue weighted by molar-refractivity contribution is -0.142. The van der Waals surface area contributed by atoms with Crippen LogP contribution in [-0.4, -0.2) is 68.5 Å². The van der Waals surface area contributed by atoms with Crippen molar-refractivity contribution in [2.24, 2.45) is 11.1 Å². The van der Waals surface area contributed by atoms with E-state index in [0.717, 1.165) is 0 Å². The largest absolute Gasteiger partial charge is 0.479 e. The fraction of sp³-hybridized carbons (Fsp3) is 0.500. The first kappa shape index (κ1) is 33.7. The zero-order valence-electron chi connectivity index (χ0n) is 22.0. The summed E-state index contributed by atoms with van der Waals surface area (Å²) >= 11 is 2.13. The second-order valence-electron chi connectivity index (χ2n) is 7.69. The van der Waals surface area contributed by atoms with Gasteiger partial charge in [0.25, 0.3) is 0 Å². The first-order chi connectivity index (χ1) is 18.4. The van der Waals surface area contributed by atoms with Gasteiger partial charge in [0.15, 0.2) is 13.6 Å². The number of carboxylic acids is 1. The second kappa shape index (κ2) is 20.6. The van der Waals surface area contributed by atoms with Crippen LogP contribution in [0.15, 0.2) is 42.1 Å². The number of hydrogen-bond donors (Lipinski definition) is 1. The highest BCUT2D eigenvalue weighted by Gasteiger charge is 2.23. The number of carboxylic acid groups (broad SMARTS) is 1. The standard InChI is InChI=1S/C26H36INO9S/c1-5-19(4)9-8-10-21(28-37-16-24(29)30)13-20-14-22(35-17-32-6-2)15-23(36-18-33-7-3)25(20)26(31)34-11-12-38-27/h5,8,10,14-15,19H,1,6-7,9,11-13,16-18H2,2-4H3,(H,29,30)/b10-8+,28-21+. The Bertz CT molecular complexity index is 940. The normalized spacial score (nSPS) is 12.3. The fourth-order valence-corrected chi connectivity index (χ4v) is 3.52. The number of esters is 1. The van der Waals surface area contributed by atoms with Crippen LogP contribution in [0, 0.1) is 5.92 Å². The third-order valence-corrected chi connectivity index (χ3v) is 6.37. The van der Waals surface area contributed by atoms with Gasteiger partial charge >= 0.3 is 11.9 Å². The molecule has 10 nitrogen and oxygen atoms in total. The van der Waals surface area contributed by atoms with Crippen molar-refractivity contribution in [1.29, 1.82) is 0 Å². The Labute approximate surface area is 240 Å². The summed E-state index contributed by atoms with van der Waals surface area (Å²) in [5, 5.41) is 13.0. The Morgan fingerprint density at radius 3 is 2.53 bits per heavy atom. The first-order valence-corrected chi connectivity index (χ1v) is 15.6. The third-order valence-electron chi connectivity index (χ3n) is 4.73. The molecule has 1 aromatic carbocycles. The number of carbonyl (C=O) groups excluding carboxylic acids is 1. The Morgan fingerprint density at radius 2 is 1.89 bits per heavy atom. The molecule has 0 saturated carbocycles. The molecular formula is C26H36INO9S. The predicted octanol–water partition coefficient (Wildman–Crippen LogP) is 5.44. The Hall–Kier alpha value is -2.29. The van der Waals surface area contributed by atoms with Crippen molar-refractivity contribution >= 4 is 47.8 Å². The highest BCUT2D eigenvalue weighted by molar-refractivity contribution is 14.2. The molecule has 1 unspecified atom stereocenters. The van der Waals surface area contributed by atoms with Gasteiger partial charge in [-0.1, -0.05) is 33.2 Å². The summed E-state index contributed by atoms with van der Waals surface area (Å²) in [5.74, 6) is -0.288. The number of nitrogens with zero attached hydrogens (tertiary/aromatic N) is 1. The minimum atomic E-state index is -1.16. The lowest BCUT2D eigenvalue weighted by Crippen LogP contribution is -2.16. The molecule has 38 heavy (non-hydrogen) atoms. The second-order valence-corrected chi connectivity index (χ2v) is 10.2. The van der Waals surface area contributed by atoms with Crippen molar-refractivity contribution < 1.29 is 43.2 Å². The van der Waals surface area contributed by atoms with Crippen LogP contribution in [0.5, 0.6) is 11.5 Å². The summed E-state index contributed by atoms with van der Waals surface area (Å²) in [4.78, 5) is 29.1. The number of oxime groups is 1. The topological polar surface area (TPSA) is 122 Å². The number of ether oxygens (including phenoxy) is 5. The van der Waals surface area contributed by atoms with E-state index in [1.165, 1.54) is 8.93 Å². The maximum Gasteiger partial charge on any atom is 0.344 e. The van der Waals surface area contributed by atoms with Gasteiger partial charge in [0.05, 0.1) is 5.71 Å². The van der Waals surface area contributed by atoms with Crippen LogP contribution in [0.3, 0.4) is 0 Å². The Morgan fingerprint density at radius 1 is 1.18 bits per heavy atom. The molecule has 0 aliphatic heterocycles. The van der Waals surface area contributed by atoms with Crippen molar-refractivity contribution in [3.8, 4) is 11.5 Å². The highest BCUT2D eigenvalue weighted by Crippen LogP contribution is 2.31. The average molecular weight is 666 g/mol. The van der Waals surface area contributed by atoms with E-state index in [1.807, 2.05) is 32.9 Å². The van der Waals surface area contributed by atoms with E-state index in [2.05, 4.69) is 32.9 Å². The maximum atomic E-state index is 13.2. The van der Waals surface area contributed by atoms with Crippen molar-refractivity contribution in [2.45, 2.75) is 33.6 Å². The minimum absolute atomic E-state index is 0.000466. The zero-order valence-corrected chi connectivity index (χ0v) is 25.0. The number of allylic oxidation sites excluding steroid dienone is 3. The lowest BCUT2D eigenvalue weighted by Gasteiger charge is -2.17. The van der Waals surface area contributed by atoms with Crippen LogP contribution in [-0.2, 0) is 30.3 Å². The smallest absolute Gasteiger partial charge is 0.344 e. The summed E-state index contributed by atoms with van der Waals surface area (Å²) in [6.07, 6.45) is 6.21. The zero-order chi connectivity index (χ0) is 28.2. The van der Waals surface area contributed by atoms with E-state index in [0.29, 0.717) is 42.4 Å². The molecular weight excluding hydrogens is 629 g/mol. The summed E-state index contributed by atoms with van der Waals surface area (Å²) < 4.78 is 27.6. The van der Waals surface area contributed by atoms with Gasteiger partial charge in [-0.15, -0.1) is 6.58 Å². The van der Waals surface area contributed by atoms with Crippen LogP contribution in [0.4, 0.5) is 0 Å². The average Bonchev–Trinajstić information content (AvgIpc) is 2.88. The predicted molar refractivity (Wildman–Crippen MR) is 155 cm³/mol. The van der Waals surface area contributed by atoms with Crippen molar-refractivity contribution in [2.75, 3.05) is 45.8 Å². The maximum absolute atomic E-state index is 13.2. The number of benzene rings is 1. The molecule has 1 N–H and O–H groups in total. The molecule has 0 spiro atoms.